The van der Waals surface area contributed by atoms with E-state index < -0.39 is 5.54 Å². The molecule has 2 heterocycles. The van der Waals surface area contributed by atoms with Crippen LogP contribution in [0.2, 0.25) is 0 Å². The van der Waals surface area contributed by atoms with Crippen LogP contribution in [0.5, 0.6) is 0 Å². The average Bonchev–Trinajstić information content (AvgIpc) is 3.40. The van der Waals surface area contributed by atoms with Crippen LogP contribution in [0.1, 0.15) is 37.1 Å². The molecule has 1 aliphatic heterocycles. The fraction of sp³-hybridized carbons (Fsp3) is 0.360. The van der Waals surface area contributed by atoms with E-state index in [1.54, 1.807) is 12.1 Å². The molecule has 0 saturated heterocycles. The molecule has 0 radical (unpaired) electrons. The van der Waals surface area contributed by atoms with Crippen LogP contribution < -0.4 is 11.1 Å². The first kappa shape index (κ1) is 20.7. The Balaban J connectivity index is 1.50. The van der Waals surface area contributed by atoms with Gasteiger partial charge in [0.25, 0.3) is 0 Å². The number of nitrogens with two attached hydrogens (primary N) is 1. The molecule has 1 saturated carbocycles. The molecule has 7 heteroatoms. The molecule has 0 atom stereocenters. The third kappa shape index (κ3) is 3.77. The van der Waals surface area contributed by atoms with Crippen molar-refractivity contribution in [3.05, 3.63) is 65.7 Å². The minimum absolute atomic E-state index is 0.0284. The number of imidazole rings is 1. The standard InChI is InChI=1S/C25H28FN5O/c1-17-4-10-20(11-5-17)28-23-22(18-6-8-19(26)9-7-18)29-21-16-30(14-15-31(21)23)24(32)25(27)12-2-3-13-25/h4-11,28H,2-3,12-16,27H2,1H3. The summed E-state index contributed by atoms with van der Waals surface area (Å²) >= 11 is 0. The molecule has 0 unspecified atom stereocenters. The number of hydrogen-bond donors (Lipinski definition) is 2. The largest absolute Gasteiger partial charge is 0.340 e. The molecule has 1 fully saturated rings. The quantitative estimate of drug-likeness (QED) is 0.641. The molecule has 0 spiro atoms. The van der Waals surface area contributed by atoms with E-state index in [9.17, 15) is 9.18 Å². The minimum Gasteiger partial charge on any atom is -0.340 e. The molecule has 3 aromatic rings. The number of amides is 1. The molecular weight excluding hydrogens is 405 g/mol. The van der Waals surface area contributed by atoms with Crippen molar-refractivity contribution >= 4 is 17.4 Å². The van der Waals surface area contributed by atoms with Gasteiger partial charge in [0.2, 0.25) is 5.91 Å². The van der Waals surface area contributed by atoms with Gasteiger partial charge in [-0.05, 0) is 56.2 Å². The monoisotopic (exact) mass is 433 g/mol. The second-order valence-electron chi connectivity index (χ2n) is 8.96. The summed E-state index contributed by atoms with van der Waals surface area (Å²) in [7, 11) is 0. The zero-order valence-electron chi connectivity index (χ0n) is 18.3. The Kier molecular flexibility index (Phi) is 5.21. The van der Waals surface area contributed by atoms with Crippen molar-refractivity contribution in [2.75, 3.05) is 11.9 Å². The number of anilines is 2. The first-order chi connectivity index (χ1) is 15.4. The Morgan fingerprint density at radius 3 is 2.44 bits per heavy atom. The Morgan fingerprint density at radius 2 is 1.75 bits per heavy atom. The first-order valence-corrected chi connectivity index (χ1v) is 11.2. The molecule has 3 N–H and O–H groups in total. The highest BCUT2D eigenvalue weighted by Crippen LogP contribution is 2.35. The summed E-state index contributed by atoms with van der Waals surface area (Å²) in [6.45, 7) is 3.68. The van der Waals surface area contributed by atoms with E-state index in [0.29, 0.717) is 19.6 Å². The number of rotatable bonds is 4. The van der Waals surface area contributed by atoms with Crippen LogP contribution in [0.4, 0.5) is 15.9 Å². The van der Waals surface area contributed by atoms with Crippen molar-refractivity contribution in [3.8, 4) is 11.3 Å². The van der Waals surface area contributed by atoms with Crippen LogP contribution in [0.15, 0.2) is 48.5 Å². The summed E-state index contributed by atoms with van der Waals surface area (Å²) in [5, 5.41) is 3.51. The number of fused-ring (bicyclic) bond motifs is 1. The van der Waals surface area contributed by atoms with Crippen molar-refractivity contribution in [2.24, 2.45) is 5.73 Å². The van der Waals surface area contributed by atoms with Crippen LogP contribution >= 0.6 is 0 Å². The predicted octanol–water partition coefficient (Wildman–Crippen LogP) is 4.35. The normalized spacial score (nSPS) is 17.3. The van der Waals surface area contributed by atoms with E-state index in [4.69, 9.17) is 10.7 Å². The molecule has 0 bridgehead atoms. The van der Waals surface area contributed by atoms with Gasteiger partial charge in [-0.15, -0.1) is 0 Å². The van der Waals surface area contributed by atoms with E-state index in [2.05, 4.69) is 28.9 Å². The fourth-order valence-electron chi connectivity index (χ4n) is 4.75. The summed E-state index contributed by atoms with van der Waals surface area (Å²) in [4.78, 5) is 19.9. The molecule has 1 aliphatic carbocycles. The second-order valence-corrected chi connectivity index (χ2v) is 8.96. The Morgan fingerprint density at radius 1 is 1.06 bits per heavy atom. The summed E-state index contributed by atoms with van der Waals surface area (Å²) in [6.07, 6.45) is 3.50. The number of aryl methyl sites for hydroxylation is 1. The maximum Gasteiger partial charge on any atom is 0.243 e. The number of benzene rings is 2. The number of nitrogens with one attached hydrogen (secondary N) is 1. The summed E-state index contributed by atoms with van der Waals surface area (Å²) < 4.78 is 15.7. The molecular formula is C25H28FN5O. The molecule has 1 aromatic heterocycles. The van der Waals surface area contributed by atoms with Gasteiger partial charge in [0.05, 0.1) is 12.1 Å². The Labute approximate surface area is 187 Å². The highest BCUT2D eigenvalue weighted by atomic mass is 19.1. The lowest BCUT2D eigenvalue weighted by molar-refractivity contribution is -0.138. The molecule has 2 aromatic carbocycles. The molecule has 166 valence electrons. The van der Waals surface area contributed by atoms with Gasteiger partial charge in [0.1, 0.15) is 23.2 Å². The highest BCUT2D eigenvalue weighted by Gasteiger charge is 2.41. The van der Waals surface area contributed by atoms with Gasteiger partial charge in [0.15, 0.2) is 0 Å². The zero-order valence-corrected chi connectivity index (χ0v) is 18.3. The Bertz CT molecular complexity index is 1130. The number of hydrogen-bond acceptors (Lipinski definition) is 4. The van der Waals surface area contributed by atoms with E-state index in [1.807, 2.05) is 17.0 Å². The van der Waals surface area contributed by atoms with Crippen molar-refractivity contribution < 1.29 is 9.18 Å². The molecule has 2 aliphatic rings. The van der Waals surface area contributed by atoms with Gasteiger partial charge in [-0.3, -0.25) is 4.79 Å². The average molecular weight is 434 g/mol. The highest BCUT2D eigenvalue weighted by molar-refractivity contribution is 5.86. The van der Waals surface area contributed by atoms with Crippen molar-refractivity contribution in [1.82, 2.24) is 14.5 Å². The van der Waals surface area contributed by atoms with Gasteiger partial charge in [0, 0.05) is 24.3 Å². The third-order valence-corrected chi connectivity index (χ3v) is 6.61. The fourth-order valence-corrected chi connectivity index (χ4v) is 4.75. The van der Waals surface area contributed by atoms with Crippen molar-refractivity contribution in [2.45, 2.75) is 51.2 Å². The predicted molar refractivity (Wildman–Crippen MR) is 123 cm³/mol. The number of halogens is 1. The van der Waals surface area contributed by atoms with Crippen LogP contribution in [0.25, 0.3) is 11.3 Å². The van der Waals surface area contributed by atoms with E-state index in [-0.39, 0.29) is 11.7 Å². The van der Waals surface area contributed by atoms with Crippen LogP contribution in [0.3, 0.4) is 0 Å². The zero-order chi connectivity index (χ0) is 22.3. The maximum absolute atomic E-state index is 13.5. The van der Waals surface area contributed by atoms with E-state index in [0.717, 1.165) is 54.3 Å². The molecule has 1 amide bonds. The lowest BCUT2D eigenvalue weighted by atomic mass is 9.97. The second kappa shape index (κ2) is 8.06. The van der Waals surface area contributed by atoms with E-state index >= 15 is 0 Å². The summed E-state index contributed by atoms with van der Waals surface area (Å²) in [6, 6.07) is 14.5. The topological polar surface area (TPSA) is 76.2 Å². The number of nitrogens with zero attached hydrogens (tertiary/aromatic N) is 3. The van der Waals surface area contributed by atoms with E-state index in [1.165, 1.54) is 17.7 Å². The molecule has 5 rings (SSSR count). The van der Waals surface area contributed by atoms with Gasteiger partial charge >= 0.3 is 0 Å². The smallest absolute Gasteiger partial charge is 0.243 e. The number of aromatic nitrogens is 2. The lowest BCUT2D eigenvalue weighted by Crippen LogP contribution is -2.55. The van der Waals surface area contributed by atoms with Gasteiger partial charge < -0.3 is 20.5 Å². The first-order valence-electron chi connectivity index (χ1n) is 11.2. The Hall–Kier alpha value is -3.19. The third-order valence-electron chi connectivity index (χ3n) is 6.61. The van der Waals surface area contributed by atoms with Crippen molar-refractivity contribution in [1.29, 1.82) is 0 Å². The SMILES string of the molecule is Cc1ccc(Nc2c(-c3ccc(F)cc3)nc3n2CCN(C(=O)C2(N)CCCC2)C3)cc1. The number of carbonyl (C=O) groups excluding carboxylic acids is 1. The lowest BCUT2D eigenvalue weighted by Gasteiger charge is -2.34. The summed E-state index contributed by atoms with van der Waals surface area (Å²) in [5.74, 6) is 1.40. The van der Waals surface area contributed by atoms with Crippen LogP contribution in [0, 0.1) is 12.7 Å². The maximum atomic E-state index is 13.5. The van der Waals surface area contributed by atoms with Gasteiger partial charge in [-0.25, -0.2) is 9.37 Å². The van der Waals surface area contributed by atoms with Crippen LogP contribution in [-0.4, -0.2) is 32.4 Å². The minimum atomic E-state index is -0.739. The molecule has 6 nitrogen and oxygen atoms in total. The van der Waals surface area contributed by atoms with Gasteiger partial charge in [-0.2, -0.15) is 0 Å². The van der Waals surface area contributed by atoms with Gasteiger partial charge in [-0.1, -0.05) is 30.5 Å². The molecule has 32 heavy (non-hydrogen) atoms. The summed E-state index contributed by atoms with van der Waals surface area (Å²) in [5.41, 5.74) is 9.41. The van der Waals surface area contributed by atoms with Crippen molar-refractivity contribution in [3.63, 3.8) is 0 Å². The number of carbonyl (C=O) groups is 1. The van der Waals surface area contributed by atoms with Crippen LogP contribution in [-0.2, 0) is 17.9 Å².